The molecule has 7 heteroatoms. The monoisotopic (exact) mass is 354 g/mol. The Balaban J connectivity index is 1.82. The van der Waals surface area contributed by atoms with E-state index in [1.807, 2.05) is 0 Å². The molecule has 120 valence electrons. The van der Waals surface area contributed by atoms with Crippen molar-refractivity contribution in [3.8, 4) is 0 Å². The Hall–Kier alpha value is -2.11. The molecule has 4 nitrogen and oxygen atoms in total. The molecule has 0 heterocycles. The molecule has 0 unspecified atom stereocenters. The molecule has 0 aliphatic rings. The molecule has 2 rings (SSSR count). The van der Waals surface area contributed by atoms with Gasteiger partial charge in [-0.25, -0.2) is 4.39 Å². The second kappa shape index (κ2) is 7.94. The molecule has 23 heavy (non-hydrogen) atoms. The number of halogens is 3. The van der Waals surface area contributed by atoms with Gasteiger partial charge in [0.05, 0.1) is 10.7 Å². The van der Waals surface area contributed by atoms with Gasteiger partial charge in [-0.1, -0.05) is 35.3 Å². The van der Waals surface area contributed by atoms with Gasteiger partial charge in [0.2, 0.25) is 11.8 Å². The minimum atomic E-state index is -0.495. The van der Waals surface area contributed by atoms with Crippen LogP contribution in [0.15, 0.2) is 42.5 Å². The second-order valence-electron chi connectivity index (χ2n) is 4.75. The van der Waals surface area contributed by atoms with Gasteiger partial charge in [-0.2, -0.15) is 0 Å². The molecule has 0 atom stereocenters. The van der Waals surface area contributed by atoms with Crippen molar-refractivity contribution in [2.75, 3.05) is 5.32 Å². The average molecular weight is 355 g/mol. The number of carbonyl (C=O) groups excluding carboxylic acids is 2. The summed E-state index contributed by atoms with van der Waals surface area (Å²) in [6.45, 7) is 0.216. The van der Waals surface area contributed by atoms with Gasteiger partial charge in [0, 0.05) is 11.6 Å². The van der Waals surface area contributed by atoms with E-state index in [0.29, 0.717) is 10.7 Å². The summed E-state index contributed by atoms with van der Waals surface area (Å²) in [7, 11) is 0. The van der Waals surface area contributed by atoms with E-state index >= 15 is 0 Å². The first-order valence-corrected chi connectivity index (χ1v) is 7.45. The zero-order valence-electron chi connectivity index (χ0n) is 11.9. The first-order chi connectivity index (χ1) is 10.9. The van der Waals surface area contributed by atoms with Gasteiger partial charge in [-0.15, -0.1) is 0 Å². The van der Waals surface area contributed by atoms with Crippen molar-refractivity contribution in [2.45, 2.75) is 13.0 Å². The fourth-order valence-corrected chi connectivity index (χ4v) is 2.25. The van der Waals surface area contributed by atoms with Crippen molar-refractivity contribution in [3.05, 3.63) is 63.9 Å². The molecule has 2 aromatic rings. The Morgan fingerprint density at radius 3 is 2.35 bits per heavy atom. The number of hydrogen-bond donors (Lipinski definition) is 2. The molecule has 0 aliphatic carbocycles. The van der Waals surface area contributed by atoms with Crippen LogP contribution in [0.5, 0.6) is 0 Å². The smallest absolute Gasteiger partial charge is 0.233 e. The number of amides is 2. The Morgan fingerprint density at radius 1 is 1.00 bits per heavy atom. The van der Waals surface area contributed by atoms with E-state index in [-0.39, 0.29) is 23.8 Å². The SMILES string of the molecule is O=C(CC(=O)Nc1ccc(Cl)cc1Cl)NCc1ccc(F)cc1. The lowest BCUT2D eigenvalue weighted by molar-refractivity contribution is -0.126. The van der Waals surface area contributed by atoms with E-state index in [4.69, 9.17) is 23.2 Å². The third kappa shape index (κ3) is 5.54. The molecule has 0 bridgehead atoms. The fraction of sp³-hybridized carbons (Fsp3) is 0.125. The highest BCUT2D eigenvalue weighted by Gasteiger charge is 2.11. The molecule has 0 radical (unpaired) electrons. The molecule has 2 aromatic carbocycles. The summed E-state index contributed by atoms with van der Waals surface area (Å²) in [5, 5.41) is 5.86. The van der Waals surface area contributed by atoms with Gasteiger partial charge < -0.3 is 10.6 Å². The van der Waals surface area contributed by atoms with Crippen LogP contribution in [-0.4, -0.2) is 11.8 Å². The molecular weight excluding hydrogens is 342 g/mol. The first-order valence-electron chi connectivity index (χ1n) is 6.70. The highest BCUT2D eigenvalue weighted by Crippen LogP contribution is 2.25. The van der Waals surface area contributed by atoms with Crippen molar-refractivity contribution in [2.24, 2.45) is 0 Å². The standard InChI is InChI=1S/C16H13Cl2FN2O2/c17-11-3-6-14(13(18)7-11)21-16(23)8-15(22)20-9-10-1-4-12(19)5-2-10/h1-7H,8-9H2,(H,20,22)(H,21,23). The summed E-state index contributed by atoms with van der Waals surface area (Å²) in [6.07, 6.45) is -0.347. The summed E-state index contributed by atoms with van der Waals surface area (Å²) < 4.78 is 12.8. The fourth-order valence-electron chi connectivity index (χ4n) is 1.80. The molecule has 0 fully saturated rings. The second-order valence-corrected chi connectivity index (χ2v) is 5.60. The predicted molar refractivity (Wildman–Crippen MR) is 88.0 cm³/mol. The van der Waals surface area contributed by atoms with Crippen LogP contribution < -0.4 is 10.6 Å². The number of nitrogens with one attached hydrogen (secondary N) is 2. The summed E-state index contributed by atoms with van der Waals surface area (Å²) >= 11 is 11.7. The lowest BCUT2D eigenvalue weighted by Crippen LogP contribution is -2.27. The van der Waals surface area contributed by atoms with Crippen molar-refractivity contribution >= 4 is 40.7 Å². The van der Waals surface area contributed by atoms with Crippen LogP contribution in [-0.2, 0) is 16.1 Å². The maximum absolute atomic E-state index is 12.8. The zero-order chi connectivity index (χ0) is 16.8. The molecule has 0 saturated heterocycles. The van der Waals surface area contributed by atoms with Crippen LogP contribution in [0.4, 0.5) is 10.1 Å². The highest BCUT2D eigenvalue weighted by atomic mass is 35.5. The Bertz CT molecular complexity index is 721. The van der Waals surface area contributed by atoms with Crippen molar-refractivity contribution in [1.29, 1.82) is 0 Å². The molecule has 2 amide bonds. The number of benzene rings is 2. The van der Waals surface area contributed by atoms with E-state index in [2.05, 4.69) is 10.6 Å². The Kier molecular flexibility index (Phi) is 5.96. The third-order valence-electron chi connectivity index (χ3n) is 2.93. The van der Waals surface area contributed by atoms with Crippen LogP contribution in [0.25, 0.3) is 0 Å². The van der Waals surface area contributed by atoms with Crippen molar-refractivity contribution in [1.82, 2.24) is 5.32 Å². The quantitative estimate of drug-likeness (QED) is 0.802. The van der Waals surface area contributed by atoms with E-state index in [9.17, 15) is 14.0 Å². The van der Waals surface area contributed by atoms with Crippen molar-refractivity contribution < 1.29 is 14.0 Å². The summed E-state index contributed by atoms with van der Waals surface area (Å²) in [5.74, 6) is -1.29. The van der Waals surface area contributed by atoms with Gasteiger partial charge in [-0.05, 0) is 35.9 Å². The number of hydrogen-bond acceptors (Lipinski definition) is 2. The minimum absolute atomic E-state index is 0.216. The van der Waals surface area contributed by atoms with Gasteiger partial charge >= 0.3 is 0 Å². The zero-order valence-corrected chi connectivity index (χ0v) is 13.4. The topological polar surface area (TPSA) is 58.2 Å². The largest absolute Gasteiger partial charge is 0.352 e. The lowest BCUT2D eigenvalue weighted by atomic mass is 10.2. The number of carbonyl (C=O) groups is 2. The summed E-state index contributed by atoms with van der Waals surface area (Å²) in [4.78, 5) is 23.5. The maximum atomic E-state index is 12.8. The van der Waals surface area contributed by atoms with Gasteiger partial charge in [-0.3, -0.25) is 9.59 Å². The number of anilines is 1. The molecule has 0 spiro atoms. The van der Waals surface area contributed by atoms with Gasteiger partial charge in [0.1, 0.15) is 12.2 Å². The van der Waals surface area contributed by atoms with Crippen LogP contribution in [0.3, 0.4) is 0 Å². The van der Waals surface area contributed by atoms with E-state index < -0.39 is 11.8 Å². The van der Waals surface area contributed by atoms with Crippen LogP contribution in [0.1, 0.15) is 12.0 Å². The van der Waals surface area contributed by atoms with E-state index in [0.717, 1.165) is 5.56 Å². The van der Waals surface area contributed by atoms with Gasteiger partial charge in [0.15, 0.2) is 0 Å². The maximum Gasteiger partial charge on any atom is 0.233 e. The molecular formula is C16H13Cl2FN2O2. The molecule has 0 saturated carbocycles. The predicted octanol–water partition coefficient (Wildman–Crippen LogP) is 3.78. The number of rotatable bonds is 5. The average Bonchev–Trinajstić information content (AvgIpc) is 2.49. The van der Waals surface area contributed by atoms with Crippen molar-refractivity contribution in [3.63, 3.8) is 0 Å². The lowest BCUT2D eigenvalue weighted by Gasteiger charge is -2.08. The van der Waals surface area contributed by atoms with Crippen LogP contribution >= 0.6 is 23.2 Å². The molecule has 0 aliphatic heterocycles. The Labute approximate surface area is 142 Å². The summed E-state index contributed by atoms with van der Waals surface area (Å²) in [5.41, 5.74) is 1.12. The first kappa shape index (κ1) is 17.2. The summed E-state index contributed by atoms with van der Waals surface area (Å²) in [6, 6.07) is 10.4. The van der Waals surface area contributed by atoms with E-state index in [1.165, 1.54) is 18.2 Å². The third-order valence-corrected chi connectivity index (χ3v) is 3.48. The minimum Gasteiger partial charge on any atom is -0.352 e. The van der Waals surface area contributed by atoms with Crippen LogP contribution in [0.2, 0.25) is 10.0 Å². The normalized spacial score (nSPS) is 10.2. The van der Waals surface area contributed by atoms with E-state index in [1.54, 1.807) is 24.3 Å². The highest BCUT2D eigenvalue weighted by molar-refractivity contribution is 6.36. The Morgan fingerprint density at radius 2 is 1.70 bits per heavy atom. The van der Waals surface area contributed by atoms with Crippen LogP contribution in [0, 0.1) is 5.82 Å². The molecule has 2 N–H and O–H groups in total. The molecule has 0 aromatic heterocycles. The van der Waals surface area contributed by atoms with Gasteiger partial charge in [0.25, 0.3) is 0 Å².